The highest BCUT2D eigenvalue weighted by molar-refractivity contribution is 14.1. The number of benzene rings is 3. The van der Waals surface area contributed by atoms with Crippen LogP contribution in [0.2, 0.25) is 0 Å². The van der Waals surface area contributed by atoms with Crippen molar-refractivity contribution < 1.29 is 0 Å². The summed E-state index contributed by atoms with van der Waals surface area (Å²) >= 11 is 2.35. The van der Waals surface area contributed by atoms with Crippen molar-refractivity contribution in [3.63, 3.8) is 0 Å². The van der Waals surface area contributed by atoms with E-state index in [4.69, 9.17) is 0 Å². The van der Waals surface area contributed by atoms with E-state index >= 15 is 0 Å². The van der Waals surface area contributed by atoms with Crippen molar-refractivity contribution in [1.82, 2.24) is 0 Å². The maximum Gasteiger partial charge on any atom is 0.0433 e. The molecular weight excluding hydrogens is 381 g/mol. The summed E-state index contributed by atoms with van der Waals surface area (Å²) in [6, 6.07) is 30.0. The third-order valence-corrected chi connectivity index (χ3v) is 4.34. The van der Waals surface area contributed by atoms with Gasteiger partial charge in [-0.2, -0.15) is 0 Å². The Kier molecular flexibility index (Phi) is 5.11. The predicted octanol–water partition coefficient (Wildman–Crippen LogP) is 5.50. The van der Waals surface area contributed by atoms with Crippen molar-refractivity contribution >= 4 is 28.3 Å². The van der Waals surface area contributed by atoms with Gasteiger partial charge in [0.05, 0.1) is 0 Å². The second kappa shape index (κ2) is 7.45. The van der Waals surface area contributed by atoms with Gasteiger partial charge >= 0.3 is 0 Å². The number of rotatable bonds is 5. The van der Waals surface area contributed by atoms with Crippen LogP contribution in [0.25, 0.3) is 0 Å². The van der Waals surface area contributed by atoms with Crippen LogP contribution in [0.15, 0.2) is 84.9 Å². The first-order valence-electron chi connectivity index (χ1n) is 7.39. The van der Waals surface area contributed by atoms with Gasteiger partial charge in [0.1, 0.15) is 0 Å². The summed E-state index contributed by atoms with van der Waals surface area (Å²) in [5.74, 6) is 0. The molecule has 0 radical (unpaired) electrons. The van der Waals surface area contributed by atoms with Crippen LogP contribution in [-0.4, -0.2) is 0 Å². The summed E-state index contributed by atoms with van der Waals surface area (Å²) < 4.78 is 1.26. The maximum absolute atomic E-state index is 2.42. The summed E-state index contributed by atoms with van der Waals surface area (Å²) in [7, 11) is 0. The molecule has 0 aromatic heterocycles. The van der Waals surface area contributed by atoms with Crippen molar-refractivity contribution in [2.24, 2.45) is 0 Å². The molecule has 0 spiro atoms. The molecule has 22 heavy (non-hydrogen) atoms. The van der Waals surface area contributed by atoms with E-state index in [2.05, 4.69) is 112 Å². The van der Waals surface area contributed by atoms with Gasteiger partial charge in [0.25, 0.3) is 0 Å². The third-order valence-electron chi connectivity index (χ3n) is 3.62. The number of nitrogens with zero attached hydrogens (tertiary/aromatic N) is 1. The number of anilines is 1. The number of hydrogen-bond acceptors (Lipinski definition) is 1. The zero-order chi connectivity index (χ0) is 15.2. The largest absolute Gasteiger partial charge is 0.363 e. The van der Waals surface area contributed by atoms with E-state index < -0.39 is 0 Å². The first kappa shape index (κ1) is 15.1. The van der Waals surface area contributed by atoms with Gasteiger partial charge < -0.3 is 4.90 Å². The standard InChI is InChI=1S/C20H18IN/c21-19-11-13-20(14-12-19)22(15-17-7-3-1-4-8-17)16-18-9-5-2-6-10-18/h1-14H,15-16H2. The lowest BCUT2D eigenvalue weighted by molar-refractivity contribution is 0.800. The van der Waals surface area contributed by atoms with E-state index in [0.29, 0.717) is 0 Å². The van der Waals surface area contributed by atoms with E-state index in [-0.39, 0.29) is 0 Å². The highest BCUT2D eigenvalue weighted by Crippen LogP contribution is 2.21. The molecule has 0 fully saturated rings. The number of halogens is 1. The summed E-state index contributed by atoms with van der Waals surface area (Å²) in [6.45, 7) is 1.83. The molecule has 0 amide bonds. The van der Waals surface area contributed by atoms with E-state index in [1.54, 1.807) is 0 Å². The van der Waals surface area contributed by atoms with Gasteiger partial charge in [0.15, 0.2) is 0 Å². The Morgan fingerprint density at radius 2 is 1.05 bits per heavy atom. The zero-order valence-corrected chi connectivity index (χ0v) is 14.5. The molecule has 1 nitrogen and oxygen atoms in total. The van der Waals surface area contributed by atoms with Gasteiger partial charge in [-0.15, -0.1) is 0 Å². The maximum atomic E-state index is 2.42. The van der Waals surface area contributed by atoms with Crippen molar-refractivity contribution in [1.29, 1.82) is 0 Å². The molecule has 110 valence electrons. The third kappa shape index (κ3) is 4.10. The Bertz CT molecular complexity index is 651. The van der Waals surface area contributed by atoms with E-state index in [1.807, 2.05) is 0 Å². The molecule has 0 unspecified atom stereocenters. The van der Waals surface area contributed by atoms with Crippen molar-refractivity contribution in [3.05, 3.63) is 99.6 Å². The molecule has 3 aromatic rings. The lowest BCUT2D eigenvalue weighted by Gasteiger charge is -2.25. The quantitative estimate of drug-likeness (QED) is 0.513. The monoisotopic (exact) mass is 399 g/mol. The first-order valence-corrected chi connectivity index (χ1v) is 8.47. The number of hydrogen-bond donors (Lipinski definition) is 0. The molecule has 0 saturated carbocycles. The van der Waals surface area contributed by atoms with E-state index in [9.17, 15) is 0 Å². The molecule has 0 saturated heterocycles. The van der Waals surface area contributed by atoms with Crippen LogP contribution in [0, 0.1) is 3.57 Å². The normalized spacial score (nSPS) is 10.4. The van der Waals surface area contributed by atoms with Crippen LogP contribution in [-0.2, 0) is 13.1 Å². The molecule has 0 aliphatic heterocycles. The van der Waals surface area contributed by atoms with E-state index in [0.717, 1.165) is 13.1 Å². The average molecular weight is 399 g/mol. The van der Waals surface area contributed by atoms with Gasteiger partial charge in [-0.25, -0.2) is 0 Å². The lowest BCUT2D eigenvalue weighted by Crippen LogP contribution is -2.22. The SMILES string of the molecule is Ic1ccc(N(Cc2ccccc2)Cc2ccccc2)cc1. The Morgan fingerprint density at radius 1 is 0.591 bits per heavy atom. The summed E-state index contributed by atoms with van der Waals surface area (Å²) in [4.78, 5) is 2.42. The molecule has 3 rings (SSSR count). The van der Waals surface area contributed by atoms with Crippen LogP contribution >= 0.6 is 22.6 Å². The molecule has 0 atom stereocenters. The van der Waals surface area contributed by atoms with Crippen molar-refractivity contribution in [2.75, 3.05) is 4.90 Å². The Morgan fingerprint density at radius 3 is 1.50 bits per heavy atom. The smallest absolute Gasteiger partial charge is 0.0433 e. The fourth-order valence-electron chi connectivity index (χ4n) is 2.50. The average Bonchev–Trinajstić information content (AvgIpc) is 2.57. The van der Waals surface area contributed by atoms with Crippen LogP contribution in [0.1, 0.15) is 11.1 Å². The minimum absolute atomic E-state index is 0.913. The highest BCUT2D eigenvalue weighted by atomic mass is 127. The van der Waals surface area contributed by atoms with Gasteiger partial charge in [-0.05, 0) is 58.0 Å². The Hall–Kier alpha value is -1.81. The molecule has 0 N–H and O–H groups in total. The molecule has 0 aliphatic rings. The van der Waals surface area contributed by atoms with Crippen LogP contribution in [0.5, 0.6) is 0 Å². The summed E-state index contributed by atoms with van der Waals surface area (Å²) in [5.41, 5.74) is 3.92. The van der Waals surface area contributed by atoms with Crippen molar-refractivity contribution in [2.45, 2.75) is 13.1 Å². The highest BCUT2D eigenvalue weighted by Gasteiger charge is 2.08. The van der Waals surface area contributed by atoms with E-state index in [1.165, 1.54) is 20.4 Å². The molecule has 0 aliphatic carbocycles. The molecular formula is C20H18IN. The Balaban J connectivity index is 1.86. The fraction of sp³-hybridized carbons (Fsp3) is 0.100. The lowest BCUT2D eigenvalue weighted by atomic mass is 10.1. The van der Waals surface area contributed by atoms with Gasteiger partial charge in [0.2, 0.25) is 0 Å². The Labute approximate surface area is 145 Å². The van der Waals surface area contributed by atoms with Gasteiger partial charge in [0, 0.05) is 22.3 Å². The first-order chi connectivity index (χ1) is 10.8. The topological polar surface area (TPSA) is 3.24 Å². The summed E-state index contributed by atoms with van der Waals surface area (Å²) in [6.07, 6.45) is 0. The van der Waals surface area contributed by atoms with Crippen LogP contribution in [0.4, 0.5) is 5.69 Å². The minimum Gasteiger partial charge on any atom is -0.363 e. The van der Waals surface area contributed by atoms with Crippen LogP contribution < -0.4 is 4.90 Å². The molecule has 3 aromatic carbocycles. The molecule has 0 heterocycles. The van der Waals surface area contributed by atoms with Crippen LogP contribution in [0.3, 0.4) is 0 Å². The van der Waals surface area contributed by atoms with Gasteiger partial charge in [-0.3, -0.25) is 0 Å². The summed E-state index contributed by atoms with van der Waals surface area (Å²) in [5, 5.41) is 0. The fourth-order valence-corrected chi connectivity index (χ4v) is 2.86. The van der Waals surface area contributed by atoms with Gasteiger partial charge in [-0.1, -0.05) is 60.7 Å². The van der Waals surface area contributed by atoms with Crippen molar-refractivity contribution in [3.8, 4) is 0 Å². The minimum atomic E-state index is 0.913. The second-order valence-electron chi connectivity index (χ2n) is 5.30. The second-order valence-corrected chi connectivity index (χ2v) is 6.55. The predicted molar refractivity (Wildman–Crippen MR) is 102 cm³/mol. The molecule has 2 heteroatoms. The molecule has 0 bridgehead atoms. The zero-order valence-electron chi connectivity index (χ0n) is 12.3.